The molecule has 1 aliphatic carbocycles. The molecule has 4 rings (SSSR count). The first kappa shape index (κ1) is 29.7. The quantitative estimate of drug-likeness (QED) is 0.260. The molecule has 0 spiro atoms. The number of hydrogen-bond donors (Lipinski definition) is 1. The Morgan fingerprint density at radius 1 is 0.927 bits per heavy atom. The second-order valence-electron chi connectivity index (χ2n) is 10.1. The van der Waals surface area contributed by atoms with Crippen molar-refractivity contribution in [2.75, 3.05) is 10.8 Å². The van der Waals surface area contributed by atoms with Crippen molar-refractivity contribution >= 4 is 33.2 Å². The van der Waals surface area contributed by atoms with E-state index in [-0.39, 0.29) is 34.8 Å². The lowest BCUT2D eigenvalue weighted by Gasteiger charge is -2.33. The number of nitrogens with zero attached hydrogens (tertiary/aromatic N) is 3. The van der Waals surface area contributed by atoms with Crippen molar-refractivity contribution < 1.29 is 22.9 Å². The van der Waals surface area contributed by atoms with Crippen LogP contribution in [0.2, 0.25) is 0 Å². The van der Waals surface area contributed by atoms with Crippen molar-refractivity contribution in [1.29, 1.82) is 0 Å². The fraction of sp³-hybridized carbons (Fsp3) is 0.333. The number of sulfonamides is 1. The number of carbonyl (C=O) groups excluding carboxylic acids is 2. The minimum absolute atomic E-state index is 0.0381. The van der Waals surface area contributed by atoms with Crippen molar-refractivity contribution in [2.45, 2.75) is 62.6 Å². The van der Waals surface area contributed by atoms with Gasteiger partial charge in [0.2, 0.25) is 11.8 Å². The van der Waals surface area contributed by atoms with E-state index < -0.39 is 33.4 Å². The van der Waals surface area contributed by atoms with Gasteiger partial charge in [-0.2, -0.15) is 0 Å². The molecule has 0 bridgehead atoms. The Bertz CT molecular complexity index is 1440. The molecule has 0 unspecified atom stereocenters. The number of non-ortho nitro benzene ring substituents is 1. The molecule has 41 heavy (non-hydrogen) atoms. The average molecular weight is 579 g/mol. The van der Waals surface area contributed by atoms with E-state index in [1.807, 2.05) is 30.3 Å². The monoisotopic (exact) mass is 578 g/mol. The van der Waals surface area contributed by atoms with E-state index in [1.165, 1.54) is 41.3 Å². The third kappa shape index (κ3) is 7.49. The van der Waals surface area contributed by atoms with Gasteiger partial charge in [-0.15, -0.1) is 0 Å². The molecule has 1 fully saturated rings. The zero-order valence-electron chi connectivity index (χ0n) is 22.9. The zero-order valence-corrected chi connectivity index (χ0v) is 23.7. The molecule has 0 saturated heterocycles. The van der Waals surface area contributed by atoms with Crippen LogP contribution in [0.4, 0.5) is 11.4 Å². The van der Waals surface area contributed by atoms with Crippen molar-refractivity contribution in [3.05, 3.63) is 101 Å². The number of hydrogen-bond acceptors (Lipinski definition) is 6. The Balaban J connectivity index is 1.66. The first-order valence-corrected chi connectivity index (χ1v) is 15.1. The number of nitrogens with one attached hydrogen (secondary N) is 1. The van der Waals surface area contributed by atoms with Gasteiger partial charge >= 0.3 is 0 Å². The third-order valence-corrected chi connectivity index (χ3v) is 9.06. The normalized spacial score (nSPS) is 14.6. The molecule has 1 atom stereocenters. The van der Waals surface area contributed by atoms with Crippen LogP contribution in [0.3, 0.4) is 0 Å². The Hall–Kier alpha value is -4.25. The van der Waals surface area contributed by atoms with Crippen molar-refractivity contribution in [3.63, 3.8) is 0 Å². The lowest BCUT2D eigenvalue weighted by molar-refractivity contribution is -0.384. The summed E-state index contributed by atoms with van der Waals surface area (Å²) >= 11 is 0. The van der Waals surface area contributed by atoms with Gasteiger partial charge in [0.15, 0.2) is 0 Å². The smallest absolute Gasteiger partial charge is 0.269 e. The topological polar surface area (TPSA) is 130 Å². The van der Waals surface area contributed by atoms with Crippen LogP contribution in [0.15, 0.2) is 89.8 Å². The Morgan fingerprint density at radius 3 is 2.10 bits per heavy atom. The summed E-state index contributed by atoms with van der Waals surface area (Å²) < 4.78 is 28.5. The van der Waals surface area contributed by atoms with Crippen LogP contribution in [-0.4, -0.2) is 48.7 Å². The van der Waals surface area contributed by atoms with Crippen LogP contribution in [-0.2, 0) is 26.2 Å². The van der Waals surface area contributed by atoms with Crippen LogP contribution < -0.4 is 9.62 Å². The van der Waals surface area contributed by atoms with Crippen LogP contribution in [0.25, 0.3) is 0 Å². The molecule has 0 radical (unpaired) electrons. The molecule has 11 heteroatoms. The van der Waals surface area contributed by atoms with Gasteiger partial charge < -0.3 is 10.2 Å². The number of anilines is 1. The van der Waals surface area contributed by atoms with Gasteiger partial charge in [-0.25, -0.2) is 8.42 Å². The molecule has 1 aliphatic rings. The van der Waals surface area contributed by atoms with E-state index in [2.05, 4.69) is 5.32 Å². The maximum Gasteiger partial charge on any atom is 0.269 e. The molecule has 2 amide bonds. The molecular weight excluding hydrogens is 544 g/mol. The SMILES string of the molecule is C[C@H](C(=O)NC1CCCCC1)N(Cc1ccccc1)C(=O)CN(c1ccc([N+](=O)[O-])cc1)S(=O)(=O)c1ccccc1. The fourth-order valence-corrected chi connectivity index (χ4v) is 6.36. The van der Waals surface area contributed by atoms with Gasteiger partial charge in [0.1, 0.15) is 12.6 Å². The predicted molar refractivity (Wildman–Crippen MR) is 156 cm³/mol. The van der Waals surface area contributed by atoms with Crippen molar-refractivity contribution in [3.8, 4) is 0 Å². The summed E-state index contributed by atoms with van der Waals surface area (Å²) in [5, 5.41) is 14.3. The van der Waals surface area contributed by atoms with Crippen LogP contribution in [0.1, 0.15) is 44.6 Å². The number of benzene rings is 3. The third-order valence-electron chi connectivity index (χ3n) is 7.27. The highest BCUT2D eigenvalue weighted by Crippen LogP contribution is 2.26. The Morgan fingerprint density at radius 2 is 1.51 bits per heavy atom. The summed E-state index contributed by atoms with van der Waals surface area (Å²) in [6.07, 6.45) is 4.97. The molecule has 1 N–H and O–H groups in total. The van der Waals surface area contributed by atoms with E-state index in [4.69, 9.17) is 0 Å². The Kier molecular flexibility index (Phi) is 9.72. The number of rotatable bonds is 11. The molecular formula is C30H34N4O6S. The van der Waals surface area contributed by atoms with Crippen LogP contribution >= 0.6 is 0 Å². The van der Waals surface area contributed by atoms with Gasteiger partial charge in [0.05, 0.1) is 15.5 Å². The summed E-state index contributed by atoms with van der Waals surface area (Å²) in [5.74, 6) is -0.882. The minimum Gasteiger partial charge on any atom is -0.352 e. The second-order valence-corrected chi connectivity index (χ2v) is 12.0. The van der Waals surface area contributed by atoms with Crippen molar-refractivity contribution in [1.82, 2.24) is 10.2 Å². The van der Waals surface area contributed by atoms with E-state index in [0.29, 0.717) is 0 Å². The molecule has 0 aliphatic heterocycles. The molecule has 1 saturated carbocycles. The molecule has 216 valence electrons. The van der Waals surface area contributed by atoms with Crippen LogP contribution in [0, 0.1) is 10.1 Å². The van der Waals surface area contributed by atoms with Gasteiger partial charge in [-0.1, -0.05) is 67.8 Å². The van der Waals surface area contributed by atoms with Gasteiger partial charge in [0.25, 0.3) is 15.7 Å². The van der Waals surface area contributed by atoms with Gasteiger partial charge in [-0.05, 0) is 49.6 Å². The summed E-state index contributed by atoms with van der Waals surface area (Å²) in [4.78, 5) is 39.2. The summed E-state index contributed by atoms with van der Waals surface area (Å²) in [6, 6.07) is 21.0. The molecule has 3 aromatic carbocycles. The van der Waals surface area contributed by atoms with E-state index in [9.17, 15) is 28.1 Å². The minimum atomic E-state index is -4.24. The first-order valence-electron chi connectivity index (χ1n) is 13.6. The molecule has 0 aromatic heterocycles. The Labute approximate surface area is 240 Å². The molecule has 3 aromatic rings. The summed E-state index contributed by atoms with van der Waals surface area (Å²) in [6.45, 7) is 1.13. The van der Waals surface area contributed by atoms with Crippen molar-refractivity contribution in [2.24, 2.45) is 0 Å². The highest BCUT2D eigenvalue weighted by atomic mass is 32.2. The number of amides is 2. The zero-order chi connectivity index (χ0) is 29.4. The molecule has 10 nitrogen and oxygen atoms in total. The summed E-state index contributed by atoms with van der Waals surface area (Å²) in [5.41, 5.74) is 0.661. The van der Waals surface area contributed by atoms with E-state index >= 15 is 0 Å². The lowest BCUT2D eigenvalue weighted by Crippen LogP contribution is -2.53. The van der Waals surface area contributed by atoms with E-state index in [0.717, 1.165) is 42.0 Å². The number of nitro benzene ring substituents is 1. The predicted octanol–water partition coefficient (Wildman–Crippen LogP) is 4.66. The lowest BCUT2D eigenvalue weighted by atomic mass is 9.95. The highest BCUT2D eigenvalue weighted by Gasteiger charge is 2.33. The molecule has 0 heterocycles. The standard InChI is InChI=1S/C30H34N4O6S/c1-23(30(36)31-25-13-7-3-8-14-25)32(21-24-11-5-2-6-12-24)29(35)22-33(26-17-19-27(20-18-26)34(37)38)41(39,40)28-15-9-4-10-16-28/h2,4-6,9-12,15-20,23,25H,3,7-8,13-14,21-22H2,1H3,(H,31,36)/t23-/m1/s1. The van der Waals surface area contributed by atoms with Gasteiger partial charge in [-0.3, -0.25) is 24.0 Å². The van der Waals surface area contributed by atoms with Gasteiger partial charge in [0, 0.05) is 24.7 Å². The average Bonchev–Trinajstić information content (AvgIpc) is 2.99. The van der Waals surface area contributed by atoms with Crippen LogP contribution in [0.5, 0.6) is 0 Å². The first-order chi connectivity index (χ1) is 19.7. The summed E-state index contributed by atoms with van der Waals surface area (Å²) in [7, 11) is -4.24. The maximum atomic E-state index is 14.0. The fourth-order valence-electron chi connectivity index (χ4n) is 4.92. The second kappa shape index (κ2) is 13.4. The number of nitro groups is 1. The highest BCUT2D eigenvalue weighted by molar-refractivity contribution is 7.92. The largest absolute Gasteiger partial charge is 0.352 e. The number of carbonyl (C=O) groups is 2. The van der Waals surface area contributed by atoms with E-state index in [1.54, 1.807) is 25.1 Å². The maximum absolute atomic E-state index is 14.0.